The molecule has 0 aromatic heterocycles. The van der Waals surface area contributed by atoms with Gasteiger partial charge >= 0.3 is 0 Å². The maximum atomic E-state index is 6.54. The van der Waals surface area contributed by atoms with E-state index in [1.54, 1.807) is 0 Å². The smallest absolute Gasteiger partial charge is 0.128 e. The van der Waals surface area contributed by atoms with Crippen LogP contribution >= 0.6 is 0 Å². The Hall–Kier alpha value is -2.36. The molecule has 0 fully saturated rings. The summed E-state index contributed by atoms with van der Waals surface area (Å²) < 4.78 is 26.1. The molecule has 0 radical (unpaired) electrons. The van der Waals surface area contributed by atoms with Crippen LogP contribution in [0.15, 0.2) is 24.3 Å². The number of benzene rings is 2. The van der Waals surface area contributed by atoms with Gasteiger partial charge in [-0.1, -0.05) is 156 Å². The second-order valence-corrected chi connectivity index (χ2v) is 14.1. The zero-order valence-electron chi connectivity index (χ0n) is 31.7. The van der Waals surface area contributed by atoms with Crippen LogP contribution in [0.2, 0.25) is 0 Å². The highest BCUT2D eigenvalue weighted by molar-refractivity contribution is 6.12. The van der Waals surface area contributed by atoms with Crippen LogP contribution in [0.25, 0.3) is 22.3 Å². The highest BCUT2D eigenvalue weighted by Crippen LogP contribution is 2.62. The number of hydrogen-bond donors (Lipinski definition) is 0. The molecule has 0 amide bonds. The van der Waals surface area contributed by atoms with Crippen molar-refractivity contribution in [3.63, 3.8) is 0 Å². The van der Waals surface area contributed by atoms with Gasteiger partial charge in [-0.2, -0.15) is 0 Å². The van der Waals surface area contributed by atoms with Crippen molar-refractivity contribution in [3.8, 4) is 45.3 Å². The van der Waals surface area contributed by atoms with E-state index in [4.69, 9.17) is 18.9 Å². The normalized spacial score (nSPS) is 11.6. The molecule has 0 saturated carbocycles. The van der Waals surface area contributed by atoms with Crippen LogP contribution in [0.5, 0.6) is 23.0 Å². The van der Waals surface area contributed by atoms with Gasteiger partial charge in [0.25, 0.3) is 0 Å². The van der Waals surface area contributed by atoms with Gasteiger partial charge in [0, 0.05) is 22.3 Å². The summed E-state index contributed by atoms with van der Waals surface area (Å²) in [6.07, 6.45) is 30.1. The Morgan fingerprint density at radius 2 is 0.458 bits per heavy atom. The molecule has 2 aromatic rings. The van der Waals surface area contributed by atoms with E-state index < -0.39 is 0 Å². The maximum Gasteiger partial charge on any atom is 0.128 e. The summed E-state index contributed by atoms with van der Waals surface area (Å²) in [4.78, 5) is 0. The van der Waals surface area contributed by atoms with Crippen LogP contribution in [0.1, 0.15) is 182 Å². The molecule has 1 aliphatic carbocycles. The Kier molecular flexibility index (Phi) is 21.4. The van der Waals surface area contributed by atoms with E-state index in [1.165, 1.54) is 128 Å². The molecule has 2 aromatic carbocycles. The van der Waals surface area contributed by atoms with Gasteiger partial charge in [-0.3, -0.25) is 0 Å². The van der Waals surface area contributed by atoms with Crippen LogP contribution < -0.4 is 18.9 Å². The van der Waals surface area contributed by atoms with Crippen molar-refractivity contribution < 1.29 is 18.9 Å². The number of unbranched alkanes of at least 4 members (excludes halogenated alkanes) is 20. The highest BCUT2D eigenvalue weighted by atomic mass is 16.5. The lowest BCUT2D eigenvalue weighted by Crippen LogP contribution is -2.12. The summed E-state index contributed by atoms with van der Waals surface area (Å²) in [5.41, 5.74) is 4.61. The first kappa shape index (κ1) is 40.1. The molecule has 4 heteroatoms. The molecule has 0 bridgehead atoms. The molecule has 48 heavy (non-hydrogen) atoms. The summed E-state index contributed by atoms with van der Waals surface area (Å²) in [6.45, 7) is 12.1. The van der Waals surface area contributed by atoms with E-state index in [-0.39, 0.29) is 0 Å². The van der Waals surface area contributed by atoms with Gasteiger partial charge in [-0.15, -0.1) is 0 Å². The summed E-state index contributed by atoms with van der Waals surface area (Å²) in [6, 6.07) is 8.54. The lowest BCUT2D eigenvalue weighted by molar-refractivity contribution is 0.291. The summed E-state index contributed by atoms with van der Waals surface area (Å²) in [5.74, 6) is 3.82. The summed E-state index contributed by atoms with van der Waals surface area (Å²) in [7, 11) is 0. The van der Waals surface area contributed by atoms with E-state index >= 15 is 0 Å². The molecule has 4 nitrogen and oxygen atoms in total. The van der Waals surface area contributed by atoms with Crippen LogP contribution in [0.3, 0.4) is 0 Å². The van der Waals surface area contributed by atoms with E-state index in [2.05, 4.69) is 52.0 Å². The lowest BCUT2D eigenvalue weighted by atomic mass is 9.78. The fraction of sp³-hybridized carbons (Fsp3) is 0.727. The third kappa shape index (κ3) is 13.9. The molecular weight excluding hydrogens is 592 g/mol. The van der Waals surface area contributed by atoms with Crippen LogP contribution in [-0.4, -0.2) is 26.4 Å². The summed E-state index contributed by atoms with van der Waals surface area (Å²) in [5, 5.41) is 0. The zero-order chi connectivity index (χ0) is 34.1. The third-order valence-electron chi connectivity index (χ3n) is 9.78. The minimum Gasteiger partial charge on any atom is -0.493 e. The van der Waals surface area contributed by atoms with Crippen LogP contribution in [0, 0.1) is 0 Å². The van der Waals surface area contributed by atoms with Gasteiger partial charge in [0.05, 0.1) is 26.4 Å². The predicted molar refractivity (Wildman–Crippen MR) is 206 cm³/mol. The van der Waals surface area contributed by atoms with Gasteiger partial charge in [0.15, 0.2) is 0 Å². The summed E-state index contributed by atoms with van der Waals surface area (Å²) >= 11 is 0. The van der Waals surface area contributed by atoms with Gasteiger partial charge < -0.3 is 18.9 Å². The van der Waals surface area contributed by atoms with E-state index in [1.807, 2.05) is 0 Å². The average Bonchev–Trinajstić information content (AvgIpc) is 3.09. The molecule has 3 rings (SSSR count). The number of fused-ring (bicyclic) bond motifs is 4. The van der Waals surface area contributed by atoms with Gasteiger partial charge in [0.1, 0.15) is 23.0 Å². The topological polar surface area (TPSA) is 36.9 Å². The molecule has 0 N–H and O–H groups in total. The minimum absolute atomic E-state index is 0.744. The predicted octanol–water partition coefficient (Wildman–Crippen LogP) is 14.3. The Morgan fingerprint density at radius 1 is 0.271 bits per heavy atom. The lowest BCUT2D eigenvalue weighted by Gasteiger charge is -2.32. The SMILES string of the molecule is CCCCCCCCOc1ccc(OCCCCCCCC)c2c1-c1c(OCCCCCCCC)ccc(OCCCCCCCC)c1-2. The van der Waals surface area contributed by atoms with E-state index in [0.29, 0.717) is 0 Å². The fourth-order valence-corrected chi connectivity index (χ4v) is 6.80. The molecule has 0 heterocycles. The van der Waals surface area contributed by atoms with Crippen LogP contribution in [-0.2, 0) is 0 Å². The van der Waals surface area contributed by atoms with Crippen molar-refractivity contribution >= 4 is 0 Å². The van der Waals surface area contributed by atoms with Crippen molar-refractivity contribution in [1.29, 1.82) is 0 Å². The first-order valence-electron chi connectivity index (χ1n) is 20.6. The Bertz CT molecular complexity index is 922. The Morgan fingerprint density at radius 3 is 0.667 bits per heavy atom. The Labute approximate surface area is 296 Å². The molecule has 0 atom stereocenters. The quantitative estimate of drug-likeness (QED) is 0.0622. The average molecular weight is 665 g/mol. The van der Waals surface area contributed by atoms with Crippen molar-refractivity contribution in [2.75, 3.05) is 26.4 Å². The number of ether oxygens (including phenoxy) is 4. The largest absolute Gasteiger partial charge is 0.493 e. The van der Waals surface area contributed by atoms with E-state index in [0.717, 1.165) is 97.4 Å². The second kappa shape index (κ2) is 25.6. The zero-order valence-corrected chi connectivity index (χ0v) is 31.7. The van der Waals surface area contributed by atoms with E-state index in [9.17, 15) is 0 Å². The Balaban J connectivity index is 1.78. The minimum atomic E-state index is 0.744. The molecule has 0 aliphatic heterocycles. The fourth-order valence-electron chi connectivity index (χ4n) is 6.80. The second-order valence-electron chi connectivity index (χ2n) is 14.1. The molecule has 272 valence electrons. The van der Waals surface area contributed by atoms with Gasteiger partial charge in [0.2, 0.25) is 0 Å². The third-order valence-corrected chi connectivity index (χ3v) is 9.78. The van der Waals surface area contributed by atoms with Crippen molar-refractivity contribution in [2.45, 2.75) is 182 Å². The highest BCUT2D eigenvalue weighted by Gasteiger charge is 2.36. The molecule has 0 spiro atoms. The van der Waals surface area contributed by atoms with Gasteiger partial charge in [-0.05, 0) is 49.9 Å². The van der Waals surface area contributed by atoms with Crippen molar-refractivity contribution in [3.05, 3.63) is 24.3 Å². The number of rotatable bonds is 32. The number of hydrogen-bond acceptors (Lipinski definition) is 4. The molecule has 1 aliphatic rings. The van der Waals surface area contributed by atoms with Gasteiger partial charge in [-0.25, -0.2) is 0 Å². The maximum absolute atomic E-state index is 6.54. The molecule has 0 saturated heterocycles. The molecule has 0 unspecified atom stereocenters. The van der Waals surface area contributed by atoms with Crippen LogP contribution in [0.4, 0.5) is 0 Å². The standard InChI is InChI=1S/C44H72O4/c1-5-9-13-17-21-25-33-45-37-29-30-38(46-34-26-22-18-14-10-6-2)42-41(37)43-39(47-35-27-23-19-15-11-7-3)31-32-40(44(42)43)48-36-28-24-20-16-12-8-4/h29-32H,5-28,33-36H2,1-4H3. The van der Waals surface area contributed by atoms with Crippen molar-refractivity contribution in [2.24, 2.45) is 0 Å². The monoisotopic (exact) mass is 665 g/mol. The first-order chi connectivity index (χ1) is 23.8. The van der Waals surface area contributed by atoms with Crippen molar-refractivity contribution in [1.82, 2.24) is 0 Å². The molecular formula is C44H72O4. The first-order valence-corrected chi connectivity index (χ1v) is 20.6.